The summed E-state index contributed by atoms with van der Waals surface area (Å²) in [5, 5.41) is 3.02. The number of thiophene rings is 1. The molecule has 5 rings (SSSR count). The molecule has 0 unspecified atom stereocenters. The van der Waals surface area contributed by atoms with Crippen molar-refractivity contribution in [2.24, 2.45) is 0 Å². The third kappa shape index (κ3) is 2.55. The standard InChI is InChI=1S/C20H14N2O3S/c1-12-21-19(25-14-7-8-16-17(9-14)24-11-23-16)18-15(10-26-20(18)22-12)13-5-3-2-4-6-13/h2-10H,11H2,1H3. The molecule has 0 saturated heterocycles. The first-order valence-corrected chi connectivity index (χ1v) is 9.05. The van der Waals surface area contributed by atoms with Crippen LogP contribution in [0.25, 0.3) is 21.3 Å². The molecule has 0 atom stereocenters. The maximum absolute atomic E-state index is 6.14. The van der Waals surface area contributed by atoms with Crippen LogP contribution in [0.4, 0.5) is 0 Å². The van der Waals surface area contributed by atoms with E-state index < -0.39 is 0 Å². The Labute approximate surface area is 153 Å². The van der Waals surface area contributed by atoms with Gasteiger partial charge in [-0.15, -0.1) is 11.3 Å². The topological polar surface area (TPSA) is 53.5 Å². The SMILES string of the molecule is Cc1nc(Oc2ccc3c(c2)OCO3)c2c(-c3ccccc3)csc2n1. The summed E-state index contributed by atoms with van der Waals surface area (Å²) >= 11 is 1.59. The summed E-state index contributed by atoms with van der Waals surface area (Å²) in [6, 6.07) is 15.7. The van der Waals surface area contributed by atoms with Gasteiger partial charge < -0.3 is 14.2 Å². The molecule has 1 aliphatic rings. The van der Waals surface area contributed by atoms with E-state index in [-0.39, 0.29) is 6.79 Å². The van der Waals surface area contributed by atoms with E-state index in [1.165, 1.54) is 0 Å². The summed E-state index contributed by atoms with van der Waals surface area (Å²) in [6.45, 7) is 2.10. The number of aryl methyl sites for hydroxylation is 1. The predicted octanol–water partition coefficient (Wildman–Crippen LogP) is 5.19. The first-order chi connectivity index (χ1) is 12.8. The van der Waals surface area contributed by atoms with E-state index in [2.05, 4.69) is 27.5 Å². The molecule has 0 aliphatic carbocycles. The van der Waals surface area contributed by atoms with Gasteiger partial charge >= 0.3 is 0 Å². The third-order valence-electron chi connectivity index (χ3n) is 4.16. The fourth-order valence-corrected chi connectivity index (χ4v) is 3.95. The lowest BCUT2D eigenvalue weighted by molar-refractivity contribution is 0.174. The Morgan fingerprint density at radius 3 is 2.73 bits per heavy atom. The van der Waals surface area contributed by atoms with Gasteiger partial charge in [0, 0.05) is 17.0 Å². The van der Waals surface area contributed by atoms with E-state index in [0.29, 0.717) is 23.2 Å². The average Bonchev–Trinajstić information content (AvgIpc) is 3.28. The van der Waals surface area contributed by atoms with Crippen LogP contribution in [-0.2, 0) is 0 Å². The van der Waals surface area contributed by atoms with Crippen molar-refractivity contribution in [3.63, 3.8) is 0 Å². The molecule has 1 aliphatic heterocycles. The van der Waals surface area contributed by atoms with Gasteiger partial charge in [0.05, 0.1) is 5.39 Å². The smallest absolute Gasteiger partial charge is 0.231 e. The molecule has 5 nitrogen and oxygen atoms in total. The fraction of sp³-hybridized carbons (Fsp3) is 0.100. The van der Waals surface area contributed by atoms with Crippen molar-refractivity contribution in [2.45, 2.75) is 6.92 Å². The van der Waals surface area contributed by atoms with E-state index in [0.717, 1.165) is 27.1 Å². The van der Waals surface area contributed by atoms with Crippen LogP contribution in [0.15, 0.2) is 53.9 Å². The van der Waals surface area contributed by atoms with Crippen LogP contribution >= 0.6 is 11.3 Å². The molecule has 0 amide bonds. The quantitative estimate of drug-likeness (QED) is 0.502. The summed E-state index contributed by atoms with van der Waals surface area (Å²) in [5.74, 6) is 3.28. The van der Waals surface area contributed by atoms with Crippen molar-refractivity contribution in [1.82, 2.24) is 9.97 Å². The Morgan fingerprint density at radius 2 is 1.85 bits per heavy atom. The first-order valence-electron chi connectivity index (χ1n) is 8.17. The molecule has 2 aromatic heterocycles. The van der Waals surface area contributed by atoms with Gasteiger partial charge in [-0.25, -0.2) is 4.98 Å². The zero-order chi connectivity index (χ0) is 17.5. The van der Waals surface area contributed by atoms with Gasteiger partial charge in [0.2, 0.25) is 12.7 Å². The van der Waals surface area contributed by atoms with Crippen molar-refractivity contribution >= 4 is 21.6 Å². The van der Waals surface area contributed by atoms with Crippen molar-refractivity contribution in [3.8, 4) is 34.3 Å². The van der Waals surface area contributed by atoms with E-state index in [4.69, 9.17) is 14.2 Å². The second kappa shape index (κ2) is 6.00. The number of fused-ring (bicyclic) bond motifs is 2. The van der Waals surface area contributed by atoms with E-state index in [1.807, 2.05) is 43.3 Å². The second-order valence-corrected chi connectivity index (χ2v) is 6.75. The molecule has 2 aromatic carbocycles. The summed E-state index contributed by atoms with van der Waals surface area (Å²) in [4.78, 5) is 10.0. The summed E-state index contributed by atoms with van der Waals surface area (Å²) < 4.78 is 16.9. The molecule has 4 aromatic rings. The lowest BCUT2D eigenvalue weighted by atomic mass is 10.1. The molecule has 0 saturated carbocycles. The fourth-order valence-electron chi connectivity index (χ4n) is 2.97. The van der Waals surface area contributed by atoms with Gasteiger partial charge in [0.15, 0.2) is 11.5 Å². The van der Waals surface area contributed by atoms with Crippen LogP contribution in [0, 0.1) is 6.92 Å². The number of rotatable bonds is 3. The van der Waals surface area contributed by atoms with Crippen molar-refractivity contribution in [3.05, 3.63) is 59.7 Å². The highest BCUT2D eigenvalue weighted by molar-refractivity contribution is 7.17. The van der Waals surface area contributed by atoms with E-state index in [1.54, 1.807) is 11.3 Å². The second-order valence-electron chi connectivity index (χ2n) is 5.89. The lowest BCUT2D eigenvalue weighted by Crippen LogP contribution is -1.94. The summed E-state index contributed by atoms with van der Waals surface area (Å²) in [6.07, 6.45) is 0. The van der Waals surface area contributed by atoms with E-state index in [9.17, 15) is 0 Å². The molecular weight excluding hydrogens is 348 g/mol. The maximum atomic E-state index is 6.14. The lowest BCUT2D eigenvalue weighted by Gasteiger charge is -2.09. The van der Waals surface area contributed by atoms with Gasteiger partial charge in [0.1, 0.15) is 16.4 Å². The Hall–Kier alpha value is -3.12. The van der Waals surface area contributed by atoms with Crippen LogP contribution in [0.3, 0.4) is 0 Å². The highest BCUT2D eigenvalue weighted by atomic mass is 32.1. The Kier molecular flexibility index (Phi) is 3.50. The van der Waals surface area contributed by atoms with Crippen molar-refractivity contribution in [1.29, 1.82) is 0 Å². The number of hydrogen-bond acceptors (Lipinski definition) is 6. The highest BCUT2D eigenvalue weighted by Gasteiger charge is 2.18. The molecule has 128 valence electrons. The molecule has 3 heterocycles. The monoisotopic (exact) mass is 362 g/mol. The largest absolute Gasteiger partial charge is 0.454 e. The number of hydrogen-bond donors (Lipinski definition) is 0. The zero-order valence-corrected chi connectivity index (χ0v) is 14.7. The number of nitrogens with zero attached hydrogens (tertiary/aromatic N) is 2. The van der Waals surface area contributed by atoms with Crippen LogP contribution in [0.5, 0.6) is 23.1 Å². The molecular formula is C20H14N2O3S. The van der Waals surface area contributed by atoms with Gasteiger partial charge in [-0.2, -0.15) is 4.98 Å². The maximum Gasteiger partial charge on any atom is 0.231 e. The van der Waals surface area contributed by atoms with Crippen molar-refractivity contribution < 1.29 is 14.2 Å². The molecule has 0 spiro atoms. The minimum atomic E-state index is 0.234. The third-order valence-corrected chi connectivity index (χ3v) is 5.03. The van der Waals surface area contributed by atoms with Gasteiger partial charge in [-0.3, -0.25) is 0 Å². The van der Waals surface area contributed by atoms with Gasteiger partial charge in [-0.1, -0.05) is 30.3 Å². The molecule has 6 heteroatoms. The minimum absolute atomic E-state index is 0.234. The predicted molar refractivity (Wildman–Crippen MR) is 100 cm³/mol. The van der Waals surface area contributed by atoms with Crippen LogP contribution in [-0.4, -0.2) is 16.8 Å². The number of aromatic nitrogens is 2. The molecule has 26 heavy (non-hydrogen) atoms. The van der Waals surface area contributed by atoms with Crippen LogP contribution in [0.2, 0.25) is 0 Å². The zero-order valence-electron chi connectivity index (χ0n) is 13.9. The van der Waals surface area contributed by atoms with Crippen LogP contribution < -0.4 is 14.2 Å². The normalized spacial score (nSPS) is 12.5. The Balaban J connectivity index is 1.63. The van der Waals surface area contributed by atoms with Gasteiger partial charge in [0.25, 0.3) is 0 Å². The summed E-state index contributed by atoms with van der Waals surface area (Å²) in [7, 11) is 0. The van der Waals surface area contributed by atoms with Crippen LogP contribution in [0.1, 0.15) is 5.82 Å². The number of benzene rings is 2. The highest BCUT2D eigenvalue weighted by Crippen LogP contribution is 2.41. The average molecular weight is 362 g/mol. The summed E-state index contributed by atoms with van der Waals surface area (Å²) in [5.41, 5.74) is 2.18. The molecule has 0 bridgehead atoms. The number of ether oxygens (including phenoxy) is 3. The molecule has 0 radical (unpaired) electrons. The molecule has 0 fully saturated rings. The van der Waals surface area contributed by atoms with Crippen molar-refractivity contribution in [2.75, 3.05) is 6.79 Å². The first kappa shape index (κ1) is 15.2. The van der Waals surface area contributed by atoms with E-state index >= 15 is 0 Å². The Bertz CT molecular complexity index is 1110. The minimum Gasteiger partial charge on any atom is -0.454 e. The molecule has 0 N–H and O–H groups in total. The van der Waals surface area contributed by atoms with Gasteiger partial charge in [-0.05, 0) is 24.6 Å². The Morgan fingerprint density at radius 1 is 1.00 bits per heavy atom.